The highest BCUT2D eigenvalue weighted by molar-refractivity contribution is 5.87. The van der Waals surface area contributed by atoms with Crippen molar-refractivity contribution in [3.63, 3.8) is 0 Å². The van der Waals surface area contributed by atoms with Gasteiger partial charge in [-0.25, -0.2) is 4.79 Å². The molecule has 0 fully saturated rings. The Balaban J connectivity index is 1.75. The lowest BCUT2D eigenvalue weighted by Gasteiger charge is -2.12. The van der Waals surface area contributed by atoms with Gasteiger partial charge in [0.1, 0.15) is 12.4 Å². The lowest BCUT2D eigenvalue weighted by molar-refractivity contribution is 0.154. The van der Waals surface area contributed by atoms with E-state index in [9.17, 15) is 4.79 Å². The summed E-state index contributed by atoms with van der Waals surface area (Å²) in [4.78, 5) is 15.0. The van der Waals surface area contributed by atoms with Gasteiger partial charge in [0.05, 0.1) is 7.11 Å². The van der Waals surface area contributed by atoms with Gasteiger partial charge in [-0.05, 0) is 30.2 Å². The van der Waals surface area contributed by atoms with E-state index in [0.717, 1.165) is 29.5 Å². The summed E-state index contributed by atoms with van der Waals surface area (Å²) >= 11 is 0. The molecular formula is C16H18N2O3. The number of H-pyrrole nitrogens is 1. The van der Waals surface area contributed by atoms with Crippen molar-refractivity contribution in [3.8, 4) is 5.75 Å². The van der Waals surface area contributed by atoms with Gasteiger partial charge in [-0.1, -0.05) is 12.7 Å². The van der Waals surface area contributed by atoms with Crippen molar-refractivity contribution in [1.82, 2.24) is 10.3 Å². The smallest absolute Gasteiger partial charge is 0.407 e. The summed E-state index contributed by atoms with van der Waals surface area (Å²) in [5.74, 6) is 0.839. The molecule has 0 spiro atoms. The van der Waals surface area contributed by atoms with E-state index in [4.69, 9.17) is 9.47 Å². The number of methoxy groups -OCH3 is 1. The van der Waals surface area contributed by atoms with Crippen LogP contribution in [0.3, 0.4) is 0 Å². The van der Waals surface area contributed by atoms with Gasteiger partial charge in [-0.15, -0.1) is 0 Å². The van der Waals surface area contributed by atoms with E-state index in [1.165, 1.54) is 11.3 Å². The van der Waals surface area contributed by atoms with Gasteiger partial charge in [0, 0.05) is 29.1 Å². The molecule has 0 radical (unpaired) electrons. The van der Waals surface area contributed by atoms with Crippen molar-refractivity contribution in [3.05, 3.63) is 42.1 Å². The van der Waals surface area contributed by atoms with Gasteiger partial charge in [-0.2, -0.15) is 0 Å². The number of carbonyl (C=O) groups excluding carboxylic acids is 1. The van der Waals surface area contributed by atoms with E-state index in [1.54, 1.807) is 13.2 Å². The maximum atomic E-state index is 11.6. The molecular weight excluding hydrogens is 268 g/mol. The Bertz CT molecular complexity index is 690. The van der Waals surface area contributed by atoms with Crippen LogP contribution in [-0.4, -0.2) is 30.8 Å². The number of amides is 1. The molecule has 1 aliphatic carbocycles. The average Bonchev–Trinajstić information content (AvgIpc) is 3.01. The van der Waals surface area contributed by atoms with Crippen LogP contribution in [0, 0.1) is 0 Å². The number of alkyl carbamates (subject to hydrolysis) is 1. The predicted molar refractivity (Wildman–Crippen MR) is 80.7 cm³/mol. The van der Waals surface area contributed by atoms with Crippen LogP contribution in [0.2, 0.25) is 0 Å². The van der Waals surface area contributed by atoms with Gasteiger partial charge >= 0.3 is 6.09 Å². The molecule has 1 atom stereocenters. The molecule has 0 bridgehead atoms. The first-order chi connectivity index (χ1) is 10.2. The van der Waals surface area contributed by atoms with Crippen molar-refractivity contribution in [2.75, 3.05) is 13.7 Å². The Hall–Kier alpha value is -2.43. The first-order valence-corrected chi connectivity index (χ1v) is 6.93. The van der Waals surface area contributed by atoms with Crippen molar-refractivity contribution in [1.29, 1.82) is 0 Å². The number of aromatic amines is 1. The molecule has 5 nitrogen and oxygen atoms in total. The molecule has 1 aromatic carbocycles. The Labute approximate surface area is 122 Å². The third-order valence-corrected chi connectivity index (χ3v) is 3.76. The van der Waals surface area contributed by atoms with Crippen LogP contribution in [0.15, 0.2) is 30.9 Å². The summed E-state index contributed by atoms with van der Waals surface area (Å²) in [5, 5.41) is 4.04. The molecule has 0 aliphatic heterocycles. The van der Waals surface area contributed by atoms with Crippen LogP contribution in [0.5, 0.6) is 5.75 Å². The summed E-state index contributed by atoms with van der Waals surface area (Å²) in [5.41, 5.74) is 3.53. The fourth-order valence-electron chi connectivity index (χ4n) is 2.83. The fraction of sp³-hybridized carbons (Fsp3) is 0.312. The largest absolute Gasteiger partial charge is 0.497 e. The minimum Gasteiger partial charge on any atom is -0.497 e. The number of benzene rings is 1. The molecule has 5 heteroatoms. The van der Waals surface area contributed by atoms with E-state index in [0.29, 0.717) is 0 Å². The Morgan fingerprint density at radius 2 is 2.38 bits per heavy atom. The molecule has 21 heavy (non-hydrogen) atoms. The highest BCUT2D eigenvalue weighted by atomic mass is 16.5. The predicted octanol–water partition coefficient (Wildman–Crippen LogP) is 2.56. The monoisotopic (exact) mass is 286 g/mol. The van der Waals surface area contributed by atoms with E-state index >= 15 is 0 Å². The highest BCUT2D eigenvalue weighted by Crippen LogP contribution is 2.32. The maximum Gasteiger partial charge on any atom is 0.407 e. The Morgan fingerprint density at radius 1 is 1.52 bits per heavy atom. The zero-order valence-electron chi connectivity index (χ0n) is 11.9. The van der Waals surface area contributed by atoms with E-state index in [2.05, 4.69) is 16.9 Å². The molecule has 1 aromatic heterocycles. The van der Waals surface area contributed by atoms with Crippen LogP contribution in [0.4, 0.5) is 4.79 Å². The van der Waals surface area contributed by atoms with Gasteiger partial charge in [0.15, 0.2) is 0 Å². The Morgan fingerprint density at radius 3 is 3.14 bits per heavy atom. The van der Waals surface area contributed by atoms with Gasteiger partial charge in [0.25, 0.3) is 0 Å². The maximum absolute atomic E-state index is 11.6. The average molecular weight is 286 g/mol. The molecule has 1 unspecified atom stereocenters. The van der Waals surface area contributed by atoms with Crippen LogP contribution >= 0.6 is 0 Å². The number of hydrogen-bond donors (Lipinski definition) is 2. The first kappa shape index (κ1) is 13.5. The van der Waals surface area contributed by atoms with Crippen molar-refractivity contribution in [2.24, 2.45) is 0 Å². The summed E-state index contributed by atoms with van der Waals surface area (Å²) in [6, 6.07) is 6.06. The molecule has 1 amide bonds. The number of fused-ring (bicyclic) bond motifs is 3. The molecule has 1 heterocycles. The van der Waals surface area contributed by atoms with Crippen LogP contribution < -0.4 is 10.1 Å². The number of ether oxygens (including phenoxy) is 2. The van der Waals surface area contributed by atoms with Gasteiger partial charge < -0.3 is 19.8 Å². The van der Waals surface area contributed by atoms with E-state index in [-0.39, 0.29) is 12.6 Å². The third kappa shape index (κ3) is 2.59. The number of nitrogens with one attached hydrogen (secondary N) is 2. The standard InChI is InChI=1S/C16H18N2O3/c1-3-6-21-16(19)17-10-7-12-13-9-11(20-2)4-5-14(13)18-15(12)8-10/h3-5,9-10,18H,1,6-8H2,2H3,(H,17,19). The van der Waals surface area contributed by atoms with E-state index in [1.807, 2.05) is 18.2 Å². The van der Waals surface area contributed by atoms with E-state index < -0.39 is 6.09 Å². The topological polar surface area (TPSA) is 63.3 Å². The number of hydrogen-bond acceptors (Lipinski definition) is 3. The van der Waals surface area contributed by atoms with Gasteiger partial charge in [-0.3, -0.25) is 0 Å². The minimum atomic E-state index is -0.396. The second kappa shape index (κ2) is 5.52. The van der Waals surface area contributed by atoms with Crippen molar-refractivity contribution >= 4 is 17.0 Å². The van der Waals surface area contributed by atoms with Crippen LogP contribution in [-0.2, 0) is 17.6 Å². The number of carbonyl (C=O) groups is 1. The first-order valence-electron chi connectivity index (χ1n) is 6.93. The van der Waals surface area contributed by atoms with Crippen molar-refractivity contribution in [2.45, 2.75) is 18.9 Å². The number of rotatable bonds is 4. The zero-order valence-corrected chi connectivity index (χ0v) is 11.9. The molecule has 110 valence electrons. The second-order valence-electron chi connectivity index (χ2n) is 5.13. The van der Waals surface area contributed by atoms with Crippen molar-refractivity contribution < 1.29 is 14.3 Å². The molecule has 1 aliphatic rings. The molecule has 0 saturated carbocycles. The highest BCUT2D eigenvalue weighted by Gasteiger charge is 2.27. The number of aromatic nitrogens is 1. The quantitative estimate of drug-likeness (QED) is 0.849. The summed E-state index contributed by atoms with van der Waals surface area (Å²) in [6.45, 7) is 3.74. The van der Waals surface area contributed by atoms with Gasteiger partial charge in [0.2, 0.25) is 0 Å². The molecule has 2 N–H and O–H groups in total. The normalized spacial score (nSPS) is 16.5. The zero-order chi connectivity index (χ0) is 14.8. The summed E-state index contributed by atoms with van der Waals surface area (Å²) < 4.78 is 10.2. The lowest BCUT2D eigenvalue weighted by atomic mass is 10.1. The Kier molecular flexibility index (Phi) is 3.56. The minimum absolute atomic E-state index is 0.0687. The lowest BCUT2D eigenvalue weighted by Crippen LogP contribution is -2.35. The summed E-state index contributed by atoms with van der Waals surface area (Å²) in [6.07, 6.45) is 2.74. The molecule has 2 aromatic rings. The van der Waals surface area contributed by atoms with Crippen LogP contribution in [0.25, 0.3) is 10.9 Å². The molecule has 0 saturated heterocycles. The second-order valence-corrected chi connectivity index (χ2v) is 5.13. The SMILES string of the molecule is C=CCOC(=O)NC1Cc2[nH]c3ccc(OC)cc3c2C1. The molecule has 3 rings (SSSR count). The van der Waals surface area contributed by atoms with Crippen LogP contribution in [0.1, 0.15) is 11.3 Å². The third-order valence-electron chi connectivity index (χ3n) is 3.76. The summed E-state index contributed by atoms with van der Waals surface area (Å²) in [7, 11) is 1.66. The fourth-order valence-corrected chi connectivity index (χ4v) is 2.83.